The third-order valence-corrected chi connectivity index (χ3v) is 2.71. The first-order valence-electron chi connectivity index (χ1n) is 6.17. The monoisotopic (exact) mass is 254 g/mol. The number of fused-ring (bicyclic) bond motifs is 1. The van der Waals surface area contributed by atoms with Gasteiger partial charge in [-0.25, -0.2) is 4.99 Å². The second-order valence-electron chi connectivity index (χ2n) is 4.50. The van der Waals surface area contributed by atoms with Crippen LogP contribution in [0.15, 0.2) is 53.7 Å². The minimum atomic E-state index is 0.427. The lowest BCUT2D eigenvalue weighted by molar-refractivity contribution is 0.941. The van der Waals surface area contributed by atoms with Crippen molar-refractivity contribution in [1.29, 1.82) is 0 Å². The van der Waals surface area contributed by atoms with Gasteiger partial charge in [-0.1, -0.05) is 36.4 Å². The summed E-state index contributed by atoms with van der Waals surface area (Å²) in [5.74, 6) is 0.427. The molecule has 1 aromatic heterocycles. The van der Waals surface area contributed by atoms with Gasteiger partial charge in [-0.3, -0.25) is 4.98 Å². The molecule has 0 aliphatic rings. The van der Waals surface area contributed by atoms with E-state index in [2.05, 4.69) is 21.9 Å². The smallest absolute Gasteiger partial charge is 0.189 e. The summed E-state index contributed by atoms with van der Waals surface area (Å²) in [5, 5.41) is 4.12. The Balaban J connectivity index is 2.13. The number of aromatic nitrogens is 1. The summed E-state index contributed by atoms with van der Waals surface area (Å²) in [7, 11) is 0. The molecule has 0 radical (unpaired) electrons. The van der Waals surface area contributed by atoms with Crippen LogP contribution in [0.4, 0.5) is 0 Å². The first-order valence-corrected chi connectivity index (χ1v) is 6.17. The van der Waals surface area contributed by atoms with Crippen LogP contribution >= 0.6 is 0 Å². The molecule has 0 aliphatic heterocycles. The van der Waals surface area contributed by atoms with E-state index in [1.807, 2.05) is 37.3 Å². The van der Waals surface area contributed by atoms with Crippen LogP contribution < -0.4 is 11.1 Å². The number of nitrogens with one attached hydrogen (secondary N) is 1. The summed E-state index contributed by atoms with van der Waals surface area (Å²) >= 11 is 0. The maximum absolute atomic E-state index is 5.79. The molecule has 0 unspecified atom stereocenters. The highest BCUT2D eigenvalue weighted by Gasteiger charge is 2.01. The largest absolute Gasteiger partial charge is 0.370 e. The molecule has 1 heterocycles. The van der Waals surface area contributed by atoms with Crippen molar-refractivity contribution in [3.05, 3.63) is 54.2 Å². The molecule has 2 rings (SSSR count). The van der Waals surface area contributed by atoms with Gasteiger partial charge in [-0.15, -0.1) is 0 Å². The number of aliphatic imine (C=N–C) groups is 1. The Bertz CT molecular complexity index is 611. The molecule has 0 amide bonds. The molecular formula is C15H18N4. The molecule has 0 bridgehead atoms. The van der Waals surface area contributed by atoms with Crippen LogP contribution in [0.25, 0.3) is 10.9 Å². The Morgan fingerprint density at radius 1 is 1.37 bits per heavy atom. The summed E-state index contributed by atoms with van der Waals surface area (Å²) in [6, 6.07) is 10.0. The van der Waals surface area contributed by atoms with Crippen LogP contribution in [-0.4, -0.2) is 17.5 Å². The molecule has 0 atom stereocenters. The van der Waals surface area contributed by atoms with E-state index >= 15 is 0 Å². The van der Waals surface area contributed by atoms with Gasteiger partial charge in [-0.2, -0.15) is 0 Å². The van der Waals surface area contributed by atoms with E-state index in [1.54, 1.807) is 6.20 Å². The predicted molar refractivity (Wildman–Crippen MR) is 79.9 cm³/mol. The zero-order chi connectivity index (χ0) is 13.7. The average molecular weight is 254 g/mol. The fourth-order valence-electron chi connectivity index (χ4n) is 1.76. The Morgan fingerprint density at radius 2 is 2.16 bits per heavy atom. The molecule has 98 valence electrons. The van der Waals surface area contributed by atoms with E-state index in [1.165, 1.54) is 0 Å². The van der Waals surface area contributed by atoms with E-state index < -0.39 is 0 Å². The summed E-state index contributed by atoms with van der Waals surface area (Å²) in [4.78, 5) is 8.71. The number of nitrogens with zero attached hydrogens (tertiary/aromatic N) is 2. The zero-order valence-electron chi connectivity index (χ0n) is 11.1. The number of benzene rings is 1. The van der Waals surface area contributed by atoms with Crippen LogP contribution in [0.2, 0.25) is 0 Å². The zero-order valence-corrected chi connectivity index (χ0v) is 11.1. The summed E-state index contributed by atoms with van der Waals surface area (Å²) in [5.41, 5.74) is 8.85. The normalized spacial score (nSPS) is 11.5. The van der Waals surface area contributed by atoms with Crippen molar-refractivity contribution in [2.45, 2.75) is 13.5 Å². The fourth-order valence-corrected chi connectivity index (χ4v) is 1.76. The molecule has 0 saturated carbocycles. The Morgan fingerprint density at radius 3 is 2.95 bits per heavy atom. The number of nitrogens with two attached hydrogens (primary N) is 1. The molecule has 19 heavy (non-hydrogen) atoms. The lowest BCUT2D eigenvalue weighted by atomic mass is 10.1. The van der Waals surface area contributed by atoms with Crippen LogP contribution in [-0.2, 0) is 6.54 Å². The quantitative estimate of drug-likeness (QED) is 0.499. The van der Waals surface area contributed by atoms with Crippen LogP contribution in [0.1, 0.15) is 12.5 Å². The first-order chi connectivity index (χ1) is 9.16. The minimum Gasteiger partial charge on any atom is -0.370 e. The lowest BCUT2D eigenvalue weighted by Crippen LogP contribution is -2.32. The topological polar surface area (TPSA) is 63.3 Å². The van der Waals surface area contributed by atoms with Gasteiger partial charge < -0.3 is 11.1 Å². The van der Waals surface area contributed by atoms with Crippen LogP contribution in [0, 0.1) is 0 Å². The van der Waals surface area contributed by atoms with E-state index in [-0.39, 0.29) is 0 Å². The third-order valence-electron chi connectivity index (χ3n) is 2.71. The van der Waals surface area contributed by atoms with Crippen molar-refractivity contribution in [2.24, 2.45) is 10.7 Å². The molecule has 0 aliphatic carbocycles. The Hall–Kier alpha value is -2.36. The number of hydrogen-bond donors (Lipinski definition) is 2. The van der Waals surface area contributed by atoms with Crippen LogP contribution in [0.5, 0.6) is 0 Å². The van der Waals surface area contributed by atoms with Crippen molar-refractivity contribution in [3.63, 3.8) is 0 Å². The molecule has 4 heteroatoms. The molecule has 2 aromatic rings. The molecular weight excluding hydrogens is 236 g/mol. The molecule has 3 N–H and O–H groups in total. The number of rotatable bonds is 4. The van der Waals surface area contributed by atoms with Gasteiger partial charge in [0.2, 0.25) is 0 Å². The average Bonchev–Trinajstić information content (AvgIpc) is 2.42. The van der Waals surface area contributed by atoms with Gasteiger partial charge in [0, 0.05) is 18.1 Å². The number of para-hydroxylation sites is 1. The minimum absolute atomic E-state index is 0.427. The molecule has 0 fully saturated rings. The summed E-state index contributed by atoms with van der Waals surface area (Å²) < 4.78 is 0. The third kappa shape index (κ3) is 3.55. The van der Waals surface area contributed by atoms with Gasteiger partial charge >= 0.3 is 0 Å². The van der Waals surface area contributed by atoms with Gasteiger partial charge in [0.05, 0.1) is 12.1 Å². The molecule has 4 nitrogen and oxygen atoms in total. The number of guanidine groups is 1. The highest BCUT2D eigenvalue weighted by atomic mass is 15.1. The lowest BCUT2D eigenvalue weighted by Gasteiger charge is -2.06. The summed E-state index contributed by atoms with van der Waals surface area (Å²) in [6.07, 6.45) is 1.79. The van der Waals surface area contributed by atoms with Gasteiger partial charge in [0.15, 0.2) is 5.96 Å². The Kier molecular flexibility index (Phi) is 4.13. The van der Waals surface area contributed by atoms with E-state index in [9.17, 15) is 0 Å². The summed E-state index contributed by atoms with van der Waals surface area (Å²) in [6.45, 7) is 6.90. The van der Waals surface area contributed by atoms with E-state index in [4.69, 9.17) is 5.73 Å². The van der Waals surface area contributed by atoms with Crippen molar-refractivity contribution < 1.29 is 0 Å². The van der Waals surface area contributed by atoms with Gasteiger partial charge in [0.25, 0.3) is 0 Å². The SMILES string of the molecule is C=C(C)CNC(N)=NCc1cccc2cccnc12. The van der Waals surface area contributed by atoms with Crippen molar-refractivity contribution >= 4 is 16.9 Å². The van der Waals surface area contributed by atoms with Gasteiger partial charge in [-0.05, 0) is 18.6 Å². The van der Waals surface area contributed by atoms with E-state index in [0.717, 1.165) is 22.0 Å². The van der Waals surface area contributed by atoms with E-state index in [0.29, 0.717) is 19.0 Å². The molecule has 0 saturated heterocycles. The fraction of sp³-hybridized carbons (Fsp3) is 0.200. The van der Waals surface area contributed by atoms with Crippen LogP contribution in [0.3, 0.4) is 0 Å². The second-order valence-corrected chi connectivity index (χ2v) is 4.50. The van der Waals surface area contributed by atoms with Crippen molar-refractivity contribution in [1.82, 2.24) is 10.3 Å². The number of pyridine rings is 1. The first kappa shape index (κ1) is 13.1. The Labute approximate surface area is 113 Å². The maximum atomic E-state index is 5.79. The van der Waals surface area contributed by atoms with Crippen molar-refractivity contribution in [2.75, 3.05) is 6.54 Å². The highest BCUT2D eigenvalue weighted by molar-refractivity contribution is 5.82. The van der Waals surface area contributed by atoms with Gasteiger partial charge in [0.1, 0.15) is 0 Å². The maximum Gasteiger partial charge on any atom is 0.189 e. The molecule has 0 spiro atoms. The number of hydrogen-bond acceptors (Lipinski definition) is 2. The second kappa shape index (κ2) is 6.00. The predicted octanol–water partition coefficient (Wildman–Crippen LogP) is 2.22. The standard InChI is InChI=1S/C15H18N4/c1-11(2)9-18-15(16)19-10-13-6-3-5-12-7-4-8-17-14(12)13/h3-8H,1,9-10H2,2H3,(H3,16,18,19). The van der Waals surface area contributed by atoms with Crippen molar-refractivity contribution in [3.8, 4) is 0 Å². The molecule has 1 aromatic carbocycles. The highest BCUT2D eigenvalue weighted by Crippen LogP contribution is 2.16.